The molecule has 0 aliphatic heterocycles. The van der Waals surface area contributed by atoms with E-state index in [0.29, 0.717) is 17.7 Å². The topological polar surface area (TPSA) is 83.8 Å². The molecule has 2 aromatic carbocycles. The van der Waals surface area contributed by atoms with Crippen LogP contribution < -0.4 is 4.74 Å². The first-order valence-electron chi connectivity index (χ1n) is 11.5. The molecule has 0 aromatic heterocycles. The summed E-state index contributed by atoms with van der Waals surface area (Å²) < 4.78 is 39.0. The van der Waals surface area contributed by atoms with E-state index in [0.717, 1.165) is 19.3 Å². The molecule has 0 amide bonds. The third-order valence-corrected chi connectivity index (χ3v) is 6.37. The van der Waals surface area contributed by atoms with Crippen LogP contribution in [0.25, 0.3) is 0 Å². The lowest BCUT2D eigenvalue weighted by Gasteiger charge is -2.14. The van der Waals surface area contributed by atoms with Crippen LogP contribution in [-0.4, -0.2) is 18.1 Å². The fraction of sp³-hybridized carbons (Fsp3) is 0.520. The summed E-state index contributed by atoms with van der Waals surface area (Å²) in [4.78, 5) is -0.572. The van der Waals surface area contributed by atoms with Crippen molar-refractivity contribution in [2.24, 2.45) is 0 Å². The Bertz CT molecular complexity index is 878. The molecular weight excluding hydrogens is 412 g/mol. The van der Waals surface area contributed by atoms with Gasteiger partial charge in [0.1, 0.15) is 11.5 Å². The molecule has 0 saturated carbocycles. The summed E-state index contributed by atoms with van der Waals surface area (Å²) in [7, 11) is -4.64. The van der Waals surface area contributed by atoms with E-state index in [1.54, 1.807) is 30.3 Å². The van der Waals surface area contributed by atoms with Crippen LogP contribution in [0.15, 0.2) is 47.4 Å². The molecule has 2 rings (SSSR count). The van der Waals surface area contributed by atoms with Crippen LogP contribution in [0.5, 0.6) is 17.2 Å². The largest absolute Gasteiger partial charge is 0.506 e. The highest BCUT2D eigenvalue weighted by Gasteiger charge is 2.25. The normalized spacial score (nSPS) is 11.5. The number of hydrogen-bond donors (Lipinski definition) is 2. The third-order valence-electron chi connectivity index (χ3n) is 5.46. The molecule has 0 aliphatic carbocycles. The molecule has 31 heavy (non-hydrogen) atoms. The highest BCUT2D eigenvalue weighted by molar-refractivity contribution is 7.86. The molecule has 172 valence electrons. The van der Waals surface area contributed by atoms with E-state index >= 15 is 0 Å². The monoisotopic (exact) mass is 448 g/mol. The van der Waals surface area contributed by atoms with Crippen LogP contribution in [-0.2, 0) is 16.5 Å². The van der Waals surface area contributed by atoms with Crippen molar-refractivity contribution in [3.8, 4) is 17.2 Å². The fourth-order valence-corrected chi connectivity index (χ4v) is 4.46. The first kappa shape index (κ1) is 25.2. The Kier molecular flexibility index (Phi) is 10.9. The Hall–Kier alpha value is -2.05. The summed E-state index contributed by atoms with van der Waals surface area (Å²) in [5, 5.41) is 10.5. The Balaban J connectivity index is 1.84. The quantitative estimate of drug-likeness (QED) is 0.221. The summed E-state index contributed by atoms with van der Waals surface area (Å²) in [5.74, 6) is -0.0955. The van der Waals surface area contributed by atoms with Gasteiger partial charge in [-0.25, -0.2) is 0 Å². The lowest BCUT2D eigenvalue weighted by molar-refractivity contribution is 0.410. The molecule has 0 saturated heterocycles. The minimum atomic E-state index is -4.64. The van der Waals surface area contributed by atoms with Crippen molar-refractivity contribution < 1.29 is 22.8 Å². The van der Waals surface area contributed by atoms with E-state index in [4.69, 9.17) is 4.74 Å². The first-order valence-corrected chi connectivity index (χ1v) is 12.9. The number of rotatable bonds is 15. The summed E-state index contributed by atoms with van der Waals surface area (Å²) in [5.41, 5.74) is 0.504. The van der Waals surface area contributed by atoms with Crippen molar-refractivity contribution >= 4 is 10.1 Å². The average molecular weight is 449 g/mol. The van der Waals surface area contributed by atoms with Gasteiger partial charge in [0, 0.05) is 0 Å². The molecule has 5 nitrogen and oxygen atoms in total. The van der Waals surface area contributed by atoms with Crippen LogP contribution in [0.1, 0.15) is 83.1 Å². The standard InChI is InChI=1S/C25H36O5S/c1-2-3-4-5-6-7-8-9-10-11-13-16-21-19-20-23(25(24(21)26)31(27,28)29)30-22-17-14-12-15-18-22/h12,14-15,17-20,26H,2-11,13,16H2,1H3,(H,27,28,29). The minimum absolute atomic E-state index is 0.0890. The smallest absolute Gasteiger partial charge is 0.301 e. The third kappa shape index (κ3) is 8.91. The van der Waals surface area contributed by atoms with Gasteiger partial charge in [0.05, 0.1) is 0 Å². The lowest BCUT2D eigenvalue weighted by atomic mass is 10.0. The SMILES string of the molecule is CCCCCCCCCCCCCc1ccc(Oc2ccccc2)c(S(=O)(=O)O)c1O. The van der Waals surface area contributed by atoms with E-state index in [9.17, 15) is 18.1 Å². The Morgan fingerprint density at radius 3 is 1.87 bits per heavy atom. The number of aromatic hydroxyl groups is 1. The predicted molar refractivity (Wildman–Crippen MR) is 125 cm³/mol. The number of hydrogen-bond acceptors (Lipinski definition) is 4. The van der Waals surface area contributed by atoms with Crippen LogP contribution in [0.2, 0.25) is 0 Å². The highest BCUT2D eigenvalue weighted by Crippen LogP contribution is 2.38. The Morgan fingerprint density at radius 1 is 0.774 bits per heavy atom. The number of aryl methyl sites for hydroxylation is 1. The summed E-state index contributed by atoms with van der Waals surface area (Å²) in [6.07, 6.45) is 14.0. The molecule has 0 heterocycles. The average Bonchev–Trinajstić information content (AvgIpc) is 2.73. The zero-order valence-electron chi connectivity index (χ0n) is 18.6. The van der Waals surface area contributed by atoms with Gasteiger partial charge in [-0.15, -0.1) is 0 Å². The van der Waals surface area contributed by atoms with Crippen LogP contribution in [0.3, 0.4) is 0 Å². The second kappa shape index (κ2) is 13.4. The van der Waals surface area contributed by atoms with E-state index in [2.05, 4.69) is 6.92 Å². The Labute approximate surface area is 187 Å². The number of unbranched alkanes of at least 4 members (excludes halogenated alkanes) is 10. The van der Waals surface area contributed by atoms with E-state index in [1.165, 1.54) is 57.4 Å². The van der Waals surface area contributed by atoms with Crippen molar-refractivity contribution in [3.05, 3.63) is 48.0 Å². The summed E-state index contributed by atoms with van der Waals surface area (Å²) >= 11 is 0. The van der Waals surface area contributed by atoms with Gasteiger partial charge in [-0.3, -0.25) is 4.55 Å². The van der Waals surface area contributed by atoms with Gasteiger partial charge >= 0.3 is 10.1 Å². The highest BCUT2D eigenvalue weighted by atomic mass is 32.2. The van der Waals surface area contributed by atoms with E-state index < -0.39 is 20.8 Å². The second-order valence-electron chi connectivity index (χ2n) is 8.08. The maximum Gasteiger partial charge on any atom is 0.301 e. The van der Waals surface area contributed by atoms with Crippen LogP contribution in [0, 0.1) is 0 Å². The number of para-hydroxylation sites is 1. The number of phenols is 1. The first-order chi connectivity index (χ1) is 14.9. The molecule has 0 aliphatic rings. The van der Waals surface area contributed by atoms with Gasteiger partial charge in [0.25, 0.3) is 0 Å². The van der Waals surface area contributed by atoms with Crippen molar-refractivity contribution in [1.82, 2.24) is 0 Å². The van der Waals surface area contributed by atoms with E-state index in [-0.39, 0.29) is 5.75 Å². The van der Waals surface area contributed by atoms with Gasteiger partial charge in [0.15, 0.2) is 10.6 Å². The lowest BCUT2D eigenvalue weighted by Crippen LogP contribution is -2.04. The zero-order valence-corrected chi connectivity index (χ0v) is 19.4. The van der Waals surface area contributed by atoms with Crippen molar-refractivity contribution in [1.29, 1.82) is 0 Å². The molecule has 6 heteroatoms. The molecule has 0 fully saturated rings. The molecule has 0 radical (unpaired) electrons. The maximum atomic E-state index is 11.9. The molecule has 0 atom stereocenters. The number of phenolic OH excluding ortho intramolecular Hbond substituents is 1. The van der Waals surface area contributed by atoms with Gasteiger partial charge < -0.3 is 9.84 Å². The number of benzene rings is 2. The second-order valence-corrected chi connectivity index (χ2v) is 9.43. The van der Waals surface area contributed by atoms with Gasteiger partial charge in [-0.05, 0) is 36.6 Å². The summed E-state index contributed by atoms with van der Waals surface area (Å²) in [6.45, 7) is 2.23. The van der Waals surface area contributed by atoms with E-state index in [1.807, 2.05) is 6.07 Å². The van der Waals surface area contributed by atoms with Crippen molar-refractivity contribution in [2.75, 3.05) is 0 Å². The molecule has 2 aromatic rings. The maximum absolute atomic E-state index is 11.9. The summed E-state index contributed by atoms with van der Waals surface area (Å²) in [6, 6.07) is 11.8. The van der Waals surface area contributed by atoms with Gasteiger partial charge in [0.2, 0.25) is 0 Å². The molecule has 0 spiro atoms. The van der Waals surface area contributed by atoms with Crippen molar-refractivity contribution in [3.63, 3.8) is 0 Å². The molecule has 0 unspecified atom stereocenters. The molecular formula is C25H36O5S. The van der Waals surface area contributed by atoms with Gasteiger partial charge in [-0.2, -0.15) is 8.42 Å². The van der Waals surface area contributed by atoms with Crippen LogP contribution >= 0.6 is 0 Å². The number of ether oxygens (including phenoxy) is 1. The van der Waals surface area contributed by atoms with Gasteiger partial charge in [-0.1, -0.05) is 95.4 Å². The van der Waals surface area contributed by atoms with Crippen molar-refractivity contribution in [2.45, 2.75) is 88.9 Å². The Morgan fingerprint density at radius 2 is 1.32 bits per heavy atom. The fourth-order valence-electron chi connectivity index (χ4n) is 3.72. The predicted octanol–water partition coefficient (Wildman–Crippen LogP) is 7.28. The minimum Gasteiger partial charge on any atom is -0.506 e. The zero-order chi connectivity index (χ0) is 22.5. The molecule has 2 N–H and O–H groups in total. The van der Waals surface area contributed by atoms with Crippen LogP contribution in [0.4, 0.5) is 0 Å². The molecule has 0 bridgehead atoms.